The number of nitrogens with zero attached hydrogens (tertiary/aromatic N) is 3. The molecular weight excluding hydrogens is 338 g/mol. The minimum absolute atomic E-state index is 0.0311. The van der Waals surface area contributed by atoms with Crippen molar-refractivity contribution in [3.63, 3.8) is 0 Å². The largest absolute Gasteiger partial charge is 0.386 e. The van der Waals surface area contributed by atoms with E-state index in [9.17, 15) is 13.5 Å². The van der Waals surface area contributed by atoms with Gasteiger partial charge in [-0.1, -0.05) is 32.4 Å². The summed E-state index contributed by atoms with van der Waals surface area (Å²) in [4.78, 5) is 3.96. The summed E-state index contributed by atoms with van der Waals surface area (Å²) >= 11 is 5.80. The number of aromatic nitrogens is 3. The standard InChI is InChI=1S/C15H20ClN3O3S/c1-14(2,3)15(20,8-19-11-17-10-18-19)9-23(21,22)13-6-4-12(16)5-7-13/h4-7,10-11,20H,8-9H2,1-3H3. The van der Waals surface area contributed by atoms with Crippen molar-refractivity contribution in [3.8, 4) is 0 Å². The first-order valence-electron chi connectivity index (χ1n) is 7.07. The highest BCUT2D eigenvalue weighted by Gasteiger charge is 2.44. The van der Waals surface area contributed by atoms with Crippen LogP contribution in [-0.4, -0.2) is 39.6 Å². The Balaban J connectivity index is 2.35. The van der Waals surface area contributed by atoms with Gasteiger partial charge in [0.25, 0.3) is 0 Å². The molecule has 1 unspecified atom stereocenters. The summed E-state index contributed by atoms with van der Waals surface area (Å²) in [5.41, 5.74) is -2.20. The zero-order valence-corrected chi connectivity index (χ0v) is 14.8. The van der Waals surface area contributed by atoms with Crippen molar-refractivity contribution in [2.75, 3.05) is 5.75 Å². The van der Waals surface area contributed by atoms with Gasteiger partial charge in [0.05, 0.1) is 17.2 Å². The summed E-state index contributed by atoms with van der Waals surface area (Å²) in [5.74, 6) is -0.426. The van der Waals surface area contributed by atoms with Crippen molar-refractivity contribution in [1.82, 2.24) is 14.8 Å². The van der Waals surface area contributed by atoms with Crippen LogP contribution < -0.4 is 0 Å². The van der Waals surface area contributed by atoms with E-state index in [4.69, 9.17) is 11.6 Å². The first-order valence-corrected chi connectivity index (χ1v) is 9.10. The fourth-order valence-corrected chi connectivity index (χ4v) is 4.12. The molecule has 1 aromatic carbocycles. The van der Waals surface area contributed by atoms with Gasteiger partial charge in [0.2, 0.25) is 0 Å². The maximum Gasteiger partial charge on any atom is 0.181 e. The number of hydrogen-bond donors (Lipinski definition) is 1. The van der Waals surface area contributed by atoms with Gasteiger partial charge in [-0.2, -0.15) is 5.10 Å². The quantitative estimate of drug-likeness (QED) is 0.886. The third kappa shape index (κ3) is 4.10. The molecular formula is C15H20ClN3O3S. The molecule has 23 heavy (non-hydrogen) atoms. The van der Waals surface area contributed by atoms with Gasteiger partial charge in [0.1, 0.15) is 18.3 Å². The number of benzene rings is 1. The Hall–Kier alpha value is -1.44. The minimum atomic E-state index is -3.69. The number of sulfone groups is 1. The lowest BCUT2D eigenvalue weighted by Gasteiger charge is -2.39. The molecule has 1 aromatic heterocycles. The molecule has 0 aliphatic heterocycles. The molecule has 1 heterocycles. The van der Waals surface area contributed by atoms with Gasteiger partial charge in [0, 0.05) is 5.02 Å². The molecule has 0 saturated carbocycles. The molecule has 0 fully saturated rings. The lowest BCUT2D eigenvalue weighted by Crippen LogP contribution is -2.51. The average molecular weight is 358 g/mol. The SMILES string of the molecule is CC(C)(C)C(O)(Cn1cncn1)CS(=O)(=O)c1ccc(Cl)cc1. The number of hydrogen-bond acceptors (Lipinski definition) is 5. The maximum atomic E-state index is 12.7. The van der Waals surface area contributed by atoms with E-state index >= 15 is 0 Å². The molecule has 1 N–H and O–H groups in total. The van der Waals surface area contributed by atoms with Crippen LogP contribution in [0.5, 0.6) is 0 Å². The van der Waals surface area contributed by atoms with Gasteiger partial charge in [-0.15, -0.1) is 0 Å². The van der Waals surface area contributed by atoms with Crippen LogP contribution in [0.2, 0.25) is 5.02 Å². The van der Waals surface area contributed by atoms with Gasteiger partial charge in [0.15, 0.2) is 9.84 Å². The Labute approximate surface area is 141 Å². The van der Waals surface area contributed by atoms with Crippen LogP contribution in [0.1, 0.15) is 20.8 Å². The molecule has 1 atom stereocenters. The Bertz CT molecular complexity index is 752. The fourth-order valence-electron chi connectivity index (χ4n) is 2.12. The molecule has 0 bridgehead atoms. The molecule has 0 radical (unpaired) electrons. The Morgan fingerprint density at radius 1 is 1.22 bits per heavy atom. The summed E-state index contributed by atoms with van der Waals surface area (Å²) in [6.45, 7) is 5.41. The van der Waals surface area contributed by atoms with Crippen LogP contribution >= 0.6 is 11.6 Å². The van der Waals surface area contributed by atoms with E-state index in [0.717, 1.165) is 0 Å². The minimum Gasteiger partial charge on any atom is -0.386 e. The monoisotopic (exact) mass is 357 g/mol. The Morgan fingerprint density at radius 2 is 1.83 bits per heavy atom. The highest BCUT2D eigenvalue weighted by atomic mass is 35.5. The maximum absolute atomic E-state index is 12.7. The van der Waals surface area contributed by atoms with Gasteiger partial charge >= 0.3 is 0 Å². The molecule has 0 aliphatic carbocycles. The second kappa shape index (κ2) is 6.22. The van der Waals surface area contributed by atoms with Crippen LogP contribution in [0.25, 0.3) is 0 Å². The molecule has 0 amide bonds. The van der Waals surface area contributed by atoms with Crippen molar-refractivity contribution in [2.24, 2.45) is 5.41 Å². The molecule has 126 valence electrons. The highest BCUT2D eigenvalue weighted by Crippen LogP contribution is 2.34. The van der Waals surface area contributed by atoms with E-state index in [-0.39, 0.29) is 11.4 Å². The van der Waals surface area contributed by atoms with Crippen LogP contribution in [-0.2, 0) is 16.4 Å². The Morgan fingerprint density at radius 3 is 2.30 bits per heavy atom. The van der Waals surface area contributed by atoms with Crippen LogP contribution in [0, 0.1) is 5.41 Å². The lowest BCUT2D eigenvalue weighted by atomic mass is 9.77. The third-order valence-electron chi connectivity index (χ3n) is 3.89. The number of rotatable bonds is 5. The number of halogens is 1. The van der Waals surface area contributed by atoms with Gasteiger partial charge in [-0.25, -0.2) is 13.4 Å². The lowest BCUT2D eigenvalue weighted by molar-refractivity contribution is -0.0540. The first-order chi connectivity index (χ1) is 10.5. The van der Waals surface area contributed by atoms with Crippen molar-refractivity contribution >= 4 is 21.4 Å². The average Bonchev–Trinajstić information content (AvgIpc) is 2.89. The summed E-state index contributed by atoms with van der Waals surface area (Å²) < 4.78 is 26.8. The molecule has 2 rings (SSSR count). The zero-order chi connectivity index (χ0) is 17.3. The van der Waals surface area contributed by atoms with E-state index < -0.39 is 26.6 Å². The van der Waals surface area contributed by atoms with Crippen molar-refractivity contribution in [1.29, 1.82) is 0 Å². The molecule has 0 saturated heterocycles. The van der Waals surface area contributed by atoms with Gasteiger partial charge in [-0.05, 0) is 29.7 Å². The number of aliphatic hydroxyl groups is 1. The van der Waals surface area contributed by atoms with E-state index in [2.05, 4.69) is 10.1 Å². The summed E-state index contributed by atoms with van der Waals surface area (Å²) in [6.07, 6.45) is 2.79. The predicted molar refractivity (Wildman–Crippen MR) is 87.9 cm³/mol. The summed E-state index contributed by atoms with van der Waals surface area (Å²) in [6, 6.07) is 5.91. The molecule has 0 aliphatic rings. The van der Waals surface area contributed by atoms with Crippen LogP contribution in [0.4, 0.5) is 0 Å². The third-order valence-corrected chi connectivity index (χ3v) is 5.99. The van der Waals surface area contributed by atoms with Crippen molar-refractivity contribution < 1.29 is 13.5 Å². The Kier molecular flexibility index (Phi) is 4.84. The van der Waals surface area contributed by atoms with Crippen molar-refractivity contribution in [2.45, 2.75) is 37.8 Å². The van der Waals surface area contributed by atoms with Gasteiger partial charge < -0.3 is 5.11 Å². The fraction of sp³-hybridized carbons (Fsp3) is 0.467. The summed E-state index contributed by atoms with van der Waals surface area (Å²) in [5, 5.41) is 15.5. The topological polar surface area (TPSA) is 85.1 Å². The van der Waals surface area contributed by atoms with E-state index in [0.29, 0.717) is 5.02 Å². The van der Waals surface area contributed by atoms with Crippen LogP contribution in [0.3, 0.4) is 0 Å². The summed E-state index contributed by atoms with van der Waals surface area (Å²) in [7, 11) is -3.69. The smallest absolute Gasteiger partial charge is 0.181 e. The molecule has 8 heteroatoms. The van der Waals surface area contributed by atoms with E-state index in [1.165, 1.54) is 41.6 Å². The molecule has 2 aromatic rings. The van der Waals surface area contributed by atoms with Gasteiger partial charge in [-0.3, -0.25) is 4.68 Å². The highest BCUT2D eigenvalue weighted by molar-refractivity contribution is 7.91. The second-order valence-corrected chi connectivity index (χ2v) is 9.01. The van der Waals surface area contributed by atoms with E-state index in [1.54, 1.807) is 20.8 Å². The molecule has 0 spiro atoms. The molecule has 6 nitrogen and oxygen atoms in total. The van der Waals surface area contributed by atoms with E-state index in [1.807, 2.05) is 0 Å². The van der Waals surface area contributed by atoms with Crippen molar-refractivity contribution in [3.05, 3.63) is 41.9 Å². The zero-order valence-electron chi connectivity index (χ0n) is 13.3. The normalized spacial score (nSPS) is 15.3. The second-order valence-electron chi connectivity index (χ2n) is 6.59. The first kappa shape index (κ1) is 17.9. The van der Waals surface area contributed by atoms with Crippen LogP contribution in [0.15, 0.2) is 41.8 Å². The predicted octanol–water partition coefficient (Wildman–Crippen LogP) is 2.18.